The van der Waals surface area contributed by atoms with E-state index in [1.807, 2.05) is 30.3 Å². The Morgan fingerprint density at radius 1 is 0.900 bits per heavy atom. The van der Waals surface area contributed by atoms with Gasteiger partial charge in [-0.1, -0.05) is 79.7 Å². The highest BCUT2D eigenvalue weighted by molar-refractivity contribution is 6.48. The summed E-state index contributed by atoms with van der Waals surface area (Å²) in [6, 6.07) is 9.28. The summed E-state index contributed by atoms with van der Waals surface area (Å²) >= 11 is 0. The number of unbranched alkanes of at least 4 members (excludes halogenated alkanes) is 5. The average Bonchev–Trinajstić information content (AvgIpc) is 2.50. The quantitative estimate of drug-likeness (QED) is 0.303. The molecular weight excluding hydrogens is 252 g/mol. The molecule has 0 aliphatic rings. The fourth-order valence-corrected chi connectivity index (χ4v) is 2.17. The van der Waals surface area contributed by atoms with Crippen molar-refractivity contribution in [2.75, 3.05) is 0 Å². The molecule has 4 heteroatoms. The van der Waals surface area contributed by atoms with Gasteiger partial charge in [-0.2, -0.15) is 0 Å². The lowest BCUT2D eigenvalue weighted by atomic mass is 10.0. The minimum absolute atomic E-state index is 0.349. The number of hydrogen-bond donors (Lipinski definition) is 2. The lowest BCUT2D eigenvalue weighted by Gasteiger charge is -2.07. The summed E-state index contributed by atoms with van der Waals surface area (Å²) in [7, 11) is 0. The second kappa shape index (κ2) is 10.0. The Morgan fingerprint density at radius 2 is 1.55 bits per heavy atom. The highest BCUT2D eigenvalue weighted by Crippen LogP contribution is 2.11. The van der Waals surface area contributed by atoms with Crippen molar-refractivity contribution < 1.29 is 10.4 Å². The first-order chi connectivity index (χ1) is 9.83. The molecule has 0 atom stereocenters. The van der Waals surface area contributed by atoms with Crippen LogP contribution in [0.3, 0.4) is 0 Å². The monoisotopic (exact) mass is 276 g/mol. The summed E-state index contributed by atoms with van der Waals surface area (Å²) in [5.74, 6) is 0. The first-order valence-corrected chi connectivity index (χ1v) is 7.32. The Morgan fingerprint density at radius 3 is 2.15 bits per heavy atom. The molecule has 0 aromatic heterocycles. The van der Waals surface area contributed by atoms with Gasteiger partial charge in [0.15, 0.2) is 0 Å². The zero-order valence-corrected chi connectivity index (χ0v) is 12.1. The maximum absolute atomic E-state index is 9.15. The van der Waals surface area contributed by atoms with Gasteiger partial charge in [0, 0.05) is 5.56 Å². The van der Waals surface area contributed by atoms with E-state index in [4.69, 9.17) is 10.4 Å². The summed E-state index contributed by atoms with van der Waals surface area (Å²) < 4.78 is 0. The summed E-state index contributed by atoms with van der Waals surface area (Å²) in [6.07, 6.45) is 7.62. The molecule has 0 radical (unpaired) electrons. The molecule has 20 heavy (non-hydrogen) atoms. The van der Waals surface area contributed by atoms with Crippen molar-refractivity contribution in [3.8, 4) is 0 Å². The number of rotatable bonds is 9. The highest BCUT2D eigenvalue weighted by Gasteiger charge is 2.12. The first-order valence-electron chi connectivity index (χ1n) is 7.32. The standard InChI is InChI=1S/C16H24N2O2/c1-2-3-4-5-6-10-13-15(17-19)16(18-20)14-11-8-7-9-12-14/h7-9,11-12,19-20H,2-6,10,13H2,1H3/b17-15+,18-16+. The van der Waals surface area contributed by atoms with Crippen LogP contribution in [-0.4, -0.2) is 21.8 Å². The smallest absolute Gasteiger partial charge is 0.134 e. The molecule has 0 aliphatic carbocycles. The first kappa shape index (κ1) is 16.2. The molecule has 1 rings (SSSR count). The summed E-state index contributed by atoms with van der Waals surface area (Å²) in [5.41, 5.74) is 1.55. The van der Waals surface area contributed by atoms with Gasteiger partial charge in [-0.15, -0.1) is 0 Å². The van der Waals surface area contributed by atoms with E-state index in [0.717, 1.165) is 18.4 Å². The fraction of sp³-hybridized carbons (Fsp3) is 0.500. The van der Waals surface area contributed by atoms with Crippen molar-refractivity contribution in [1.29, 1.82) is 0 Å². The minimum atomic E-state index is 0.349. The second-order valence-corrected chi connectivity index (χ2v) is 4.88. The third kappa shape index (κ3) is 5.43. The number of oxime groups is 2. The molecule has 0 amide bonds. The summed E-state index contributed by atoms with van der Waals surface area (Å²) in [5, 5.41) is 24.9. The molecule has 0 fully saturated rings. The number of benzene rings is 1. The maximum Gasteiger partial charge on any atom is 0.134 e. The summed E-state index contributed by atoms with van der Waals surface area (Å²) in [6.45, 7) is 2.19. The van der Waals surface area contributed by atoms with Crippen LogP contribution in [-0.2, 0) is 0 Å². The van der Waals surface area contributed by atoms with Crippen LogP contribution < -0.4 is 0 Å². The lowest BCUT2D eigenvalue weighted by molar-refractivity contribution is 0.313. The Hall–Kier alpha value is -1.84. The number of hydrogen-bond acceptors (Lipinski definition) is 4. The van der Waals surface area contributed by atoms with Crippen LogP contribution in [0.15, 0.2) is 40.6 Å². The minimum Gasteiger partial charge on any atom is -0.411 e. The van der Waals surface area contributed by atoms with Gasteiger partial charge in [0.2, 0.25) is 0 Å². The van der Waals surface area contributed by atoms with E-state index >= 15 is 0 Å². The fourth-order valence-electron chi connectivity index (χ4n) is 2.17. The van der Waals surface area contributed by atoms with Crippen LogP contribution in [0.5, 0.6) is 0 Å². The second-order valence-electron chi connectivity index (χ2n) is 4.88. The zero-order valence-electron chi connectivity index (χ0n) is 12.1. The van der Waals surface area contributed by atoms with Gasteiger partial charge in [0.05, 0.1) is 0 Å². The van der Waals surface area contributed by atoms with Crippen molar-refractivity contribution in [1.82, 2.24) is 0 Å². The van der Waals surface area contributed by atoms with E-state index < -0.39 is 0 Å². The molecule has 1 aromatic rings. The molecule has 0 saturated heterocycles. The largest absolute Gasteiger partial charge is 0.411 e. The van der Waals surface area contributed by atoms with E-state index in [-0.39, 0.29) is 0 Å². The van der Waals surface area contributed by atoms with Crippen LogP contribution in [0.1, 0.15) is 57.4 Å². The molecule has 2 N–H and O–H groups in total. The summed E-state index contributed by atoms with van der Waals surface area (Å²) in [4.78, 5) is 0. The normalized spacial score (nSPS) is 12.7. The molecule has 0 saturated carbocycles. The maximum atomic E-state index is 9.15. The molecular formula is C16H24N2O2. The van der Waals surface area contributed by atoms with Crippen molar-refractivity contribution in [3.63, 3.8) is 0 Å². The topological polar surface area (TPSA) is 65.2 Å². The molecule has 0 heterocycles. The molecule has 0 aliphatic heterocycles. The highest BCUT2D eigenvalue weighted by atomic mass is 16.4. The molecule has 1 aromatic carbocycles. The van der Waals surface area contributed by atoms with E-state index in [2.05, 4.69) is 17.2 Å². The third-order valence-corrected chi connectivity index (χ3v) is 3.31. The van der Waals surface area contributed by atoms with Crippen LogP contribution in [0, 0.1) is 0 Å². The lowest BCUT2D eigenvalue weighted by Crippen LogP contribution is -2.16. The van der Waals surface area contributed by atoms with Crippen LogP contribution >= 0.6 is 0 Å². The van der Waals surface area contributed by atoms with E-state index in [0.29, 0.717) is 17.8 Å². The Bertz CT molecular complexity index is 427. The van der Waals surface area contributed by atoms with E-state index in [9.17, 15) is 0 Å². The van der Waals surface area contributed by atoms with Crippen molar-refractivity contribution in [2.24, 2.45) is 10.3 Å². The van der Waals surface area contributed by atoms with Gasteiger partial charge in [-0.3, -0.25) is 0 Å². The SMILES string of the molecule is CCCCCCCCC(=N\O)/C(=N/O)c1ccccc1. The molecule has 4 nitrogen and oxygen atoms in total. The predicted molar refractivity (Wildman–Crippen MR) is 82.0 cm³/mol. The van der Waals surface area contributed by atoms with Gasteiger partial charge in [0.25, 0.3) is 0 Å². The molecule has 0 bridgehead atoms. The van der Waals surface area contributed by atoms with E-state index in [1.54, 1.807) is 0 Å². The Kier molecular flexibility index (Phi) is 8.11. The predicted octanol–water partition coefficient (Wildman–Crippen LogP) is 4.45. The van der Waals surface area contributed by atoms with Gasteiger partial charge in [0.1, 0.15) is 11.4 Å². The van der Waals surface area contributed by atoms with Crippen LogP contribution in [0.2, 0.25) is 0 Å². The average molecular weight is 276 g/mol. The van der Waals surface area contributed by atoms with Crippen LogP contribution in [0.25, 0.3) is 0 Å². The Labute approximate surface area is 120 Å². The molecule has 0 spiro atoms. The number of nitrogens with zero attached hydrogens (tertiary/aromatic N) is 2. The van der Waals surface area contributed by atoms with Crippen molar-refractivity contribution in [3.05, 3.63) is 35.9 Å². The van der Waals surface area contributed by atoms with Gasteiger partial charge >= 0.3 is 0 Å². The Balaban J connectivity index is 2.49. The third-order valence-electron chi connectivity index (χ3n) is 3.31. The van der Waals surface area contributed by atoms with Gasteiger partial charge in [-0.05, 0) is 12.8 Å². The van der Waals surface area contributed by atoms with Crippen molar-refractivity contribution >= 4 is 11.4 Å². The van der Waals surface area contributed by atoms with Gasteiger partial charge < -0.3 is 10.4 Å². The van der Waals surface area contributed by atoms with Gasteiger partial charge in [-0.25, -0.2) is 0 Å². The van der Waals surface area contributed by atoms with Crippen LogP contribution in [0.4, 0.5) is 0 Å². The molecule has 0 unspecified atom stereocenters. The van der Waals surface area contributed by atoms with Crippen molar-refractivity contribution in [2.45, 2.75) is 51.9 Å². The zero-order chi connectivity index (χ0) is 14.6. The molecule has 110 valence electrons. The van der Waals surface area contributed by atoms with E-state index in [1.165, 1.54) is 25.7 Å².